The quantitative estimate of drug-likeness (QED) is 0.499. The second-order valence-electron chi connectivity index (χ2n) is 2.12. The van der Waals surface area contributed by atoms with Crippen molar-refractivity contribution in [3.8, 4) is 15.7 Å². The van der Waals surface area contributed by atoms with E-state index in [9.17, 15) is 0 Å². The van der Waals surface area contributed by atoms with E-state index < -0.39 is 6.41 Å². The second kappa shape index (κ2) is 6.53. The van der Waals surface area contributed by atoms with Crippen molar-refractivity contribution in [3.63, 3.8) is 0 Å². The molecule has 0 aliphatic rings. The number of rotatable bonds is 4. The Bertz CT molecular complexity index is 322. The van der Waals surface area contributed by atoms with E-state index in [0.29, 0.717) is 5.88 Å². The van der Waals surface area contributed by atoms with Crippen LogP contribution in [0.25, 0.3) is 0 Å². The summed E-state index contributed by atoms with van der Waals surface area (Å²) in [6, 6.07) is 1.59. The zero-order valence-corrected chi connectivity index (χ0v) is 9.34. The summed E-state index contributed by atoms with van der Waals surface area (Å²) in [5.74, 6) is 3.06. The fourth-order valence-electron chi connectivity index (χ4n) is 0.652. The maximum atomic E-state index is 5.47. The molecule has 0 aliphatic heterocycles. The molecule has 0 spiro atoms. The monoisotopic (exact) mass is 305 g/mol. The summed E-state index contributed by atoms with van der Waals surface area (Å²) in [7, 11) is 0. The first kappa shape index (κ1) is 11.2. The molecule has 0 amide bonds. The van der Waals surface area contributed by atoms with Crippen molar-refractivity contribution >= 4 is 22.6 Å². The minimum absolute atomic E-state index is 0.231. The molecule has 74 valence electrons. The van der Waals surface area contributed by atoms with Gasteiger partial charge in [0.05, 0.1) is 0 Å². The minimum Gasteiger partial charge on any atom is -0.434 e. The Labute approximate surface area is 95.2 Å². The third-order valence-corrected chi connectivity index (χ3v) is 1.56. The molecule has 0 saturated carbocycles. The average molecular weight is 305 g/mol. The molecule has 1 heterocycles. The highest BCUT2D eigenvalue weighted by Gasteiger charge is 2.03. The molecule has 0 fully saturated rings. The van der Waals surface area contributed by atoms with Crippen LogP contribution in [0.5, 0.6) is 5.88 Å². The lowest BCUT2D eigenvalue weighted by Gasteiger charge is -2.11. The number of halogens is 1. The standard InChI is InChI=1S/C8H8IN3O2/c9-3-1-5-13-8(10)14-7-2-4-11-6-12-7/h2,4,6,8H,5,10H2. The number of hydrogen-bond acceptors (Lipinski definition) is 5. The molecule has 1 aromatic rings. The van der Waals surface area contributed by atoms with Gasteiger partial charge in [-0.1, -0.05) is 5.92 Å². The van der Waals surface area contributed by atoms with Crippen LogP contribution in [0.4, 0.5) is 0 Å². The van der Waals surface area contributed by atoms with Gasteiger partial charge in [0.1, 0.15) is 12.9 Å². The van der Waals surface area contributed by atoms with Crippen LogP contribution in [0, 0.1) is 9.85 Å². The summed E-state index contributed by atoms with van der Waals surface area (Å²) in [6.07, 6.45) is 2.06. The van der Waals surface area contributed by atoms with Crippen molar-refractivity contribution in [3.05, 3.63) is 18.6 Å². The first-order valence-electron chi connectivity index (χ1n) is 3.71. The summed E-state index contributed by atoms with van der Waals surface area (Å²) in [4.78, 5) is 7.55. The number of ether oxygens (including phenoxy) is 2. The van der Waals surface area contributed by atoms with Gasteiger partial charge in [-0.2, -0.15) is 0 Å². The van der Waals surface area contributed by atoms with E-state index in [1.807, 2.05) is 22.6 Å². The van der Waals surface area contributed by atoms with Crippen molar-refractivity contribution in [2.75, 3.05) is 6.61 Å². The van der Waals surface area contributed by atoms with Crippen LogP contribution in [-0.4, -0.2) is 23.0 Å². The smallest absolute Gasteiger partial charge is 0.259 e. The summed E-state index contributed by atoms with van der Waals surface area (Å²) < 4.78 is 12.7. The Morgan fingerprint density at radius 1 is 1.64 bits per heavy atom. The first-order valence-corrected chi connectivity index (χ1v) is 4.79. The maximum Gasteiger partial charge on any atom is 0.259 e. The van der Waals surface area contributed by atoms with E-state index >= 15 is 0 Å². The Morgan fingerprint density at radius 3 is 3.14 bits per heavy atom. The van der Waals surface area contributed by atoms with E-state index in [0.717, 1.165) is 0 Å². The fraction of sp³-hybridized carbons (Fsp3) is 0.250. The molecule has 1 aromatic heterocycles. The highest BCUT2D eigenvalue weighted by atomic mass is 127. The highest BCUT2D eigenvalue weighted by Crippen LogP contribution is 2.03. The normalized spacial score (nSPS) is 11.3. The maximum absolute atomic E-state index is 5.47. The molecule has 0 aromatic carbocycles. The SMILES string of the molecule is NC(OCC#CI)Oc1ccncn1. The van der Waals surface area contributed by atoms with Gasteiger partial charge in [-0.15, -0.1) is 0 Å². The van der Waals surface area contributed by atoms with Crippen molar-refractivity contribution in [1.82, 2.24) is 9.97 Å². The van der Waals surface area contributed by atoms with Gasteiger partial charge < -0.3 is 9.47 Å². The minimum atomic E-state index is -0.859. The first-order chi connectivity index (χ1) is 6.83. The Hall–Kier alpha value is -0.910. The van der Waals surface area contributed by atoms with Gasteiger partial charge >= 0.3 is 0 Å². The van der Waals surface area contributed by atoms with E-state index in [4.69, 9.17) is 15.2 Å². The van der Waals surface area contributed by atoms with Crippen LogP contribution in [0.15, 0.2) is 18.6 Å². The third-order valence-electron chi connectivity index (χ3n) is 1.18. The van der Waals surface area contributed by atoms with Crippen LogP contribution in [-0.2, 0) is 4.74 Å². The molecule has 0 aliphatic carbocycles. The second-order valence-corrected chi connectivity index (χ2v) is 2.66. The van der Waals surface area contributed by atoms with Crippen molar-refractivity contribution < 1.29 is 9.47 Å². The molecule has 1 rings (SSSR count). The van der Waals surface area contributed by atoms with Crippen molar-refractivity contribution in [1.29, 1.82) is 0 Å². The van der Waals surface area contributed by atoms with Gasteiger partial charge in [0.2, 0.25) is 5.88 Å². The Kier molecular flexibility index (Phi) is 5.21. The lowest BCUT2D eigenvalue weighted by molar-refractivity contribution is -0.0643. The van der Waals surface area contributed by atoms with Crippen LogP contribution in [0.2, 0.25) is 0 Å². The van der Waals surface area contributed by atoms with Crippen LogP contribution in [0.1, 0.15) is 0 Å². The van der Waals surface area contributed by atoms with Crippen LogP contribution >= 0.6 is 22.6 Å². The Morgan fingerprint density at radius 2 is 2.50 bits per heavy atom. The van der Waals surface area contributed by atoms with Gasteiger partial charge in [0.25, 0.3) is 6.41 Å². The molecular weight excluding hydrogens is 297 g/mol. The molecule has 5 nitrogen and oxygen atoms in total. The highest BCUT2D eigenvalue weighted by molar-refractivity contribution is 14.1. The molecular formula is C8H8IN3O2. The predicted molar refractivity (Wildman–Crippen MR) is 58.4 cm³/mol. The third kappa shape index (κ3) is 4.36. The van der Waals surface area contributed by atoms with Gasteiger partial charge in [-0.05, 0) is 3.93 Å². The van der Waals surface area contributed by atoms with Crippen LogP contribution in [0.3, 0.4) is 0 Å². The average Bonchev–Trinajstić information content (AvgIpc) is 2.20. The topological polar surface area (TPSA) is 70.3 Å². The molecule has 1 unspecified atom stereocenters. The largest absolute Gasteiger partial charge is 0.434 e. The van der Waals surface area contributed by atoms with Crippen molar-refractivity contribution in [2.45, 2.75) is 6.41 Å². The van der Waals surface area contributed by atoms with Crippen LogP contribution < -0.4 is 10.5 Å². The molecule has 14 heavy (non-hydrogen) atoms. The van der Waals surface area contributed by atoms with Gasteiger partial charge in [-0.3, -0.25) is 5.73 Å². The summed E-state index contributed by atoms with van der Waals surface area (Å²) in [5, 5.41) is 0. The number of aromatic nitrogens is 2. The lowest BCUT2D eigenvalue weighted by atomic mass is 10.6. The van der Waals surface area contributed by atoms with Gasteiger partial charge in [0.15, 0.2) is 0 Å². The van der Waals surface area contributed by atoms with E-state index in [1.165, 1.54) is 6.33 Å². The predicted octanol–water partition coefficient (Wildman–Crippen LogP) is 0.510. The number of hydrogen-bond donors (Lipinski definition) is 1. The summed E-state index contributed by atoms with van der Waals surface area (Å²) >= 11 is 1.91. The zero-order chi connectivity index (χ0) is 10.2. The van der Waals surface area contributed by atoms with E-state index in [-0.39, 0.29) is 6.61 Å². The molecule has 0 saturated heterocycles. The summed E-state index contributed by atoms with van der Waals surface area (Å²) in [6.45, 7) is 0.231. The molecule has 1 atom stereocenters. The molecule has 0 radical (unpaired) electrons. The van der Waals surface area contributed by atoms with Gasteiger partial charge in [-0.25, -0.2) is 9.97 Å². The number of nitrogens with two attached hydrogens (primary N) is 1. The van der Waals surface area contributed by atoms with E-state index in [1.54, 1.807) is 12.3 Å². The lowest BCUT2D eigenvalue weighted by Crippen LogP contribution is -2.30. The molecule has 0 bridgehead atoms. The molecule has 6 heteroatoms. The Balaban J connectivity index is 2.33. The van der Waals surface area contributed by atoms with E-state index in [2.05, 4.69) is 19.8 Å². The summed E-state index contributed by atoms with van der Waals surface area (Å²) in [5.41, 5.74) is 5.47. The fourth-order valence-corrected chi connectivity index (χ4v) is 0.808. The van der Waals surface area contributed by atoms with Gasteiger partial charge in [0, 0.05) is 34.9 Å². The van der Waals surface area contributed by atoms with Crippen molar-refractivity contribution in [2.24, 2.45) is 5.73 Å². The number of nitrogens with zero attached hydrogens (tertiary/aromatic N) is 2. The molecule has 2 N–H and O–H groups in total. The zero-order valence-electron chi connectivity index (χ0n) is 7.18.